The van der Waals surface area contributed by atoms with Gasteiger partial charge in [-0.1, -0.05) is 75.9 Å². The Kier molecular flexibility index (Phi) is 15.6. The van der Waals surface area contributed by atoms with Crippen LogP contribution in [0.3, 0.4) is 0 Å². The summed E-state index contributed by atoms with van der Waals surface area (Å²) in [6.45, 7) is 31.9. The van der Waals surface area contributed by atoms with E-state index < -0.39 is 0 Å². The standard InChI is InChI=1S/C23H29.C21H26.C5H5.2ClH.Hf/c1-14-9-16-11-17-10-15(2)21(23(6,7)8)13-19(17)18(16)12-20(14)22(3,4)5;1-20(2,3)18-11-7-16(8-12-18)15-17-9-13-19(14-10-17)21(4,5)6;1-2-4-5-3-1;;;/h9-13H,1-8H3;7-14H,1-6H3;1-3H,4H2;2*1H;/q-1;;-1;;;+2/p-2. The topological polar surface area (TPSA) is 0 Å². The van der Waals surface area contributed by atoms with Gasteiger partial charge >= 0.3 is 150 Å². The van der Waals surface area contributed by atoms with Crippen LogP contribution in [0.4, 0.5) is 0 Å². The van der Waals surface area contributed by atoms with E-state index in [0.29, 0.717) is 0 Å². The Morgan fingerprint density at radius 3 is 1.17 bits per heavy atom. The van der Waals surface area contributed by atoms with Gasteiger partial charge in [0.2, 0.25) is 0 Å². The van der Waals surface area contributed by atoms with Crippen molar-refractivity contribution in [3.8, 4) is 0 Å². The minimum Gasteiger partial charge on any atom is -1.00 e. The first-order valence-electron chi connectivity index (χ1n) is 18.2. The van der Waals surface area contributed by atoms with E-state index in [2.05, 4.69) is 188 Å². The smallest absolute Gasteiger partial charge is 0.0142 e. The number of fused-ring (bicyclic) bond motifs is 3. The number of rotatable bonds is 2. The zero-order valence-corrected chi connectivity index (χ0v) is 39.3. The van der Waals surface area contributed by atoms with Crippen molar-refractivity contribution in [3.63, 3.8) is 0 Å². The molecule has 0 radical (unpaired) electrons. The van der Waals surface area contributed by atoms with Crippen LogP contribution in [-0.4, -0.2) is 3.26 Å². The first-order chi connectivity index (χ1) is 23.1. The maximum absolute atomic E-state index is 2.99. The average molecular weight is 898 g/mol. The van der Waals surface area contributed by atoms with E-state index in [4.69, 9.17) is 0 Å². The molecule has 1 aliphatic rings. The fraction of sp³-hybridized carbons (Fsp3) is 0.388. The third-order valence-corrected chi connectivity index (χ3v) is 11.7. The molecule has 5 aromatic rings. The van der Waals surface area contributed by atoms with E-state index in [1.165, 1.54) is 69.3 Å². The second-order valence-corrected chi connectivity index (χ2v) is 20.0. The van der Waals surface area contributed by atoms with Crippen LogP contribution in [0.2, 0.25) is 0 Å². The molecule has 0 aromatic heterocycles. The SMILES string of the molecule is CC(C)(C)c1ccc([C](=[Hf+2])c2ccc(C(C)(C)C)cc2)cc1.Cc1cc2[cH-]c3cc(C)c(C(C)(C)C)cc3c2cc1C(C)(C)C.[C-]1=CC=CC1.[Cl-].[Cl-]. The molecule has 5 aromatic carbocycles. The molecule has 0 saturated heterocycles. The molecule has 52 heavy (non-hydrogen) atoms. The van der Waals surface area contributed by atoms with Crippen LogP contribution in [0.5, 0.6) is 0 Å². The Hall–Kier alpha value is -2.45. The Bertz CT molecular complexity index is 1860. The summed E-state index contributed by atoms with van der Waals surface area (Å²) in [6, 6.07) is 30.1. The van der Waals surface area contributed by atoms with Gasteiger partial charge in [0.05, 0.1) is 0 Å². The number of hydrogen-bond donors (Lipinski definition) is 0. The van der Waals surface area contributed by atoms with Crippen molar-refractivity contribution >= 4 is 24.8 Å². The van der Waals surface area contributed by atoms with E-state index in [1.807, 2.05) is 12.2 Å². The summed E-state index contributed by atoms with van der Waals surface area (Å²) in [6.07, 6.45) is 10.0. The molecule has 0 bridgehead atoms. The van der Waals surface area contributed by atoms with Gasteiger partial charge in [0.1, 0.15) is 0 Å². The van der Waals surface area contributed by atoms with Gasteiger partial charge in [-0.25, -0.2) is 12.2 Å². The number of hydrogen-bond acceptors (Lipinski definition) is 0. The molecule has 0 N–H and O–H groups in total. The molecule has 0 atom stereocenters. The predicted octanol–water partition coefficient (Wildman–Crippen LogP) is 7.63. The second-order valence-electron chi connectivity index (χ2n) is 18.2. The number of benzene rings is 4. The summed E-state index contributed by atoms with van der Waals surface area (Å²) >= 11 is 1.06. The Morgan fingerprint density at radius 1 is 0.558 bits per heavy atom. The Morgan fingerprint density at radius 2 is 0.923 bits per heavy atom. The zero-order valence-electron chi connectivity index (χ0n) is 34.2. The van der Waals surface area contributed by atoms with Gasteiger partial charge in [0.15, 0.2) is 0 Å². The Balaban J connectivity index is 0.000000307. The third-order valence-electron chi connectivity index (χ3n) is 9.68. The number of aryl methyl sites for hydroxylation is 2. The van der Waals surface area contributed by atoms with Crippen molar-refractivity contribution in [1.29, 1.82) is 0 Å². The van der Waals surface area contributed by atoms with Crippen LogP contribution < -0.4 is 24.8 Å². The summed E-state index contributed by atoms with van der Waals surface area (Å²) in [7, 11) is 0. The monoisotopic (exact) mass is 898 g/mol. The van der Waals surface area contributed by atoms with Crippen LogP contribution in [0.15, 0.2) is 97.1 Å². The quantitative estimate of drug-likeness (QED) is 0.126. The van der Waals surface area contributed by atoms with Gasteiger partial charge in [-0.3, -0.25) is 6.08 Å². The predicted molar refractivity (Wildman–Crippen MR) is 219 cm³/mol. The number of allylic oxidation sites excluding steroid dienone is 4. The minimum atomic E-state index is 0. The molecule has 6 rings (SSSR count). The van der Waals surface area contributed by atoms with Crippen molar-refractivity contribution in [2.75, 3.05) is 0 Å². The number of halogens is 2. The summed E-state index contributed by atoms with van der Waals surface area (Å²) < 4.78 is 1.47. The van der Waals surface area contributed by atoms with Crippen molar-refractivity contribution in [3.05, 3.63) is 148 Å². The fourth-order valence-electron chi connectivity index (χ4n) is 6.73. The van der Waals surface area contributed by atoms with E-state index in [9.17, 15) is 0 Å². The maximum Gasteiger partial charge on any atom is -0.0142 e. The molecule has 0 unspecified atom stereocenters. The van der Waals surface area contributed by atoms with E-state index in [0.717, 1.165) is 30.3 Å². The normalized spacial score (nSPS) is 12.8. The molecule has 0 aliphatic heterocycles. The fourth-order valence-corrected chi connectivity index (χ4v) is 7.93. The van der Waals surface area contributed by atoms with Crippen LogP contribution in [0.1, 0.15) is 134 Å². The van der Waals surface area contributed by atoms with Gasteiger partial charge < -0.3 is 24.8 Å². The van der Waals surface area contributed by atoms with Gasteiger partial charge in [0, 0.05) is 0 Å². The van der Waals surface area contributed by atoms with Crippen molar-refractivity contribution < 1.29 is 48.7 Å². The van der Waals surface area contributed by atoms with Crippen molar-refractivity contribution in [1.82, 2.24) is 0 Å². The van der Waals surface area contributed by atoms with Crippen LogP contribution >= 0.6 is 0 Å². The third kappa shape index (κ3) is 11.5. The maximum atomic E-state index is 2.99. The zero-order chi connectivity index (χ0) is 37.2. The largest absolute Gasteiger partial charge is 1.00 e. The molecule has 0 spiro atoms. The molecule has 0 saturated carbocycles. The first-order valence-corrected chi connectivity index (χ1v) is 20.0. The summed E-state index contributed by atoms with van der Waals surface area (Å²) in [5.41, 5.74) is 12.0. The summed E-state index contributed by atoms with van der Waals surface area (Å²) in [4.78, 5) is 0. The van der Waals surface area contributed by atoms with Crippen LogP contribution in [0, 0.1) is 19.9 Å². The van der Waals surface area contributed by atoms with Gasteiger partial charge in [-0.2, -0.15) is 6.08 Å². The first kappa shape index (κ1) is 45.7. The molecule has 276 valence electrons. The molecule has 1 aliphatic carbocycles. The van der Waals surface area contributed by atoms with Gasteiger partial charge in [-0.05, 0) is 24.7 Å². The van der Waals surface area contributed by atoms with Crippen LogP contribution in [-0.2, 0) is 45.6 Å². The molecular weight excluding hydrogens is 838 g/mol. The summed E-state index contributed by atoms with van der Waals surface area (Å²) in [5, 5.41) is 5.55. The van der Waals surface area contributed by atoms with E-state index >= 15 is 0 Å². The van der Waals surface area contributed by atoms with E-state index in [-0.39, 0.29) is 46.5 Å². The minimum absolute atomic E-state index is 0. The van der Waals surface area contributed by atoms with Gasteiger partial charge in [0.25, 0.3) is 0 Å². The van der Waals surface area contributed by atoms with Crippen LogP contribution in [0.25, 0.3) is 21.5 Å². The average Bonchev–Trinajstić information content (AvgIpc) is 3.70. The molecule has 0 heterocycles. The Labute approximate surface area is 343 Å². The van der Waals surface area contributed by atoms with E-state index in [1.54, 1.807) is 0 Å². The second kappa shape index (κ2) is 17.8. The summed E-state index contributed by atoms with van der Waals surface area (Å²) in [5.74, 6) is 0. The molecule has 0 amide bonds. The molecule has 0 nitrogen and oxygen atoms in total. The molecular formula is C49H60Cl2Hf-2. The van der Waals surface area contributed by atoms with Crippen molar-refractivity contribution in [2.24, 2.45) is 0 Å². The molecule has 0 fully saturated rings. The van der Waals surface area contributed by atoms with Crippen molar-refractivity contribution in [2.45, 2.75) is 125 Å². The molecule has 3 heteroatoms. The van der Waals surface area contributed by atoms with Gasteiger partial charge in [-0.15, -0.1) is 46.2 Å².